The van der Waals surface area contributed by atoms with Crippen molar-refractivity contribution in [3.8, 4) is 33.5 Å². The highest BCUT2D eigenvalue weighted by atomic mass is 14.9. The maximum Gasteiger partial charge on any atom is 0.216 e. The van der Waals surface area contributed by atoms with Gasteiger partial charge in [0.2, 0.25) is 5.69 Å². The molecule has 0 fully saturated rings. The van der Waals surface area contributed by atoms with Crippen LogP contribution in [0, 0.1) is 27.7 Å². The Morgan fingerprint density at radius 1 is 0.613 bits per heavy atom. The SMILES string of the molecule is Cc1ccc2c(c1)-c1cc3c(cc1C2)Cc1c-3cc[n+](C)c1-c1cc(C)cc(C)c1C. The van der Waals surface area contributed by atoms with Crippen LogP contribution in [-0.2, 0) is 19.9 Å². The van der Waals surface area contributed by atoms with Gasteiger partial charge in [-0.1, -0.05) is 41.5 Å². The summed E-state index contributed by atoms with van der Waals surface area (Å²) in [5.74, 6) is 0. The van der Waals surface area contributed by atoms with E-state index in [0.29, 0.717) is 0 Å². The summed E-state index contributed by atoms with van der Waals surface area (Å²) in [6.07, 6.45) is 4.32. The Morgan fingerprint density at radius 3 is 2.16 bits per heavy atom. The first-order valence-corrected chi connectivity index (χ1v) is 11.3. The number of hydrogen-bond donors (Lipinski definition) is 0. The summed E-state index contributed by atoms with van der Waals surface area (Å²) in [4.78, 5) is 0. The average Bonchev–Trinajstić information content (AvgIpc) is 3.26. The number of pyridine rings is 1. The van der Waals surface area contributed by atoms with Gasteiger partial charge in [0.05, 0.1) is 0 Å². The molecule has 0 N–H and O–H groups in total. The van der Waals surface area contributed by atoms with Crippen molar-refractivity contribution in [1.82, 2.24) is 0 Å². The Hall–Kier alpha value is -3.19. The van der Waals surface area contributed by atoms with Crippen molar-refractivity contribution < 1.29 is 4.57 Å². The van der Waals surface area contributed by atoms with Crippen LogP contribution in [0.15, 0.2) is 54.7 Å². The number of nitrogens with zero attached hydrogens (tertiary/aromatic N) is 1. The van der Waals surface area contributed by atoms with Crippen LogP contribution >= 0.6 is 0 Å². The molecule has 0 unspecified atom stereocenters. The first-order valence-electron chi connectivity index (χ1n) is 11.3. The van der Waals surface area contributed by atoms with E-state index in [1.54, 1.807) is 0 Å². The Balaban J connectivity index is 1.57. The van der Waals surface area contributed by atoms with Crippen LogP contribution in [0.5, 0.6) is 0 Å². The quantitative estimate of drug-likeness (QED) is 0.274. The van der Waals surface area contributed by atoms with Gasteiger partial charge in [0, 0.05) is 23.6 Å². The molecular formula is C30H28N+. The molecule has 31 heavy (non-hydrogen) atoms. The minimum Gasteiger partial charge on any atom is -0.201 e. The van der Waals surface area contributed by atoms with E-state index in [9.17, 15) is 0 Å². The van der Waals surface area contributed by atoms with Crippen molar-refractivity contribution in [2.24, 2.45) is 7.05 Å². The number of rotatable bonds is 1. The van der Waals surface area contributed by atoms with Gasteiger partial charge >= 0.3 is 0 Å². The molecule has 1 nitrogen and oxygen atoms in total. The molecule has 0 amide bonds. The molecular weight excluding hydrogens is 374 g/mol. The number of hydrogen-bond acceptors (Lipinski definition) is 0. The maximum atomic E-state index is 2.48. The molecule has 3 aromatic carbocycles. The van der Waals surface area contributed by atoms with Gasteiger partial charge in [-0.2, -0.15) is 0 Å². The lowest BCUT2D eigenvalue weighted by molar-refractivity contribution is -0.660. The fraction of sp³-hybridized carbons (Fsp3) is 0.233. The molecule has 0 saturated heterocycles. The summed E-state index contributed by atoms with van der Waals surface area (Å²) < 4.78 is 2.32. The molecule has 152 valence electrons. The van der Waals surface area contributed by atoms with Gasteiger partial charge in [-0.25, -0.2) is 4.57 Å². The van der Waals surface area contributed by atoms with E-state index in [4.69, 9.17) is 0 Å². The summed E-state index contributed by atoms with van der Waals surface area (Å²) in [6, 6.07) is 18.8. The molecule has 2 aliphatic carbocycles. The third-order valence-electron chi connectivity index (χ3n) is 7.42. The minimum absolute atomic E-state index is 1.02. The Labute approximate surface area is 185 Å². The summed E-state index contributed by atoms with van der Waals surface area (Å²) in [5.41, 5.74) is 19.8. The van der Waals surface area contributed by atoms with Crippen LogP contribution in [0.3, 0.4) is 0 Å². The molecule has 4 aromatic rings. The summed E-state index contributed by atoms with van der Waals surface area (Å²) in [6.45, 7) is 8.89. The second kappa shape index (κ2) is 6.40. The van der Waals surface area contributed by atoms with Crippen molar-refractivity contribution in [2.75, 3.05) is 0 Å². The normalized spacial score (nSPS) is 13.1. The fourth-order valence-electron chi connectivity index (χ4n) is 5.75. The van der Waals surface area contributed by atoms with E-state index in [-0.39, 0.29) is 0 Å². The standard InChI is InChI=1S/C30H28N/c1-17-6-7-21-13-22-14-23-15-29-24(27(23)16-28(22)26(21)11-17)8-9-31(5)30(29)25-12-18(2)10-19(3)20(25)4/h6-12,14,16H,13,15H2,1-5H3/q+1. The van der Waals surface area contributed by atoms with Gasteiger partial charge in [-0.05, 0) is 96.3 Å². The maximum absolute atomic E-state index is 2.48. The molecule has 1 heteroatoms. The Bertz CT molecular complexity index is 1420. The monoisotopic (exact) mass is 402 g/mol. The molecule has 1 aromatic heterocycles. The third kappa shape index (κ3) is 2.66. The van der Waals surface area contributed by atoms with E-state index in [2.05, 4.69) is 94.0 Å². The van der Waals surface area contributed by atoms with Crippen molar-refractivity contribution in [1.29, 1.82) is 0 Å². The van der Waals surface area contributed by atoms with Crippen molar-refractivity contribution in [3.05, 3.63) is 99.2 Å². The lowest BCUT2D eigenvalue weighted by atomic mass is 9.93. The van der Waals surface area contributed by atoms with E-state index in [1.165, 1.54) is 78.0 Å². The minimum atomic E-state index is 1.02. The number of fused-ring (bicyclic) bond motifs is 6. The molecule has 0 spiro atoms. The van der Waals surface area contributed by atoms with E-state index in [0.717, 1.165) is 12.8 Å². The van der Waals surface area contributed by atoms with Crippen molar-refractivity contribution in [2.45, 2.75) is 40.5 Å². The molecule has 0 radical (unpaired) electrons. The van der Waals surface area contributed by atoms with Gasteiger partial charge in [0.15, 0.2) is 6.20 Å². The lowest BCUT2D eigenvalue weighted by Crippen LogP contribution is -2.32. The van der Waals surface area contributed by atoms with Gasteiger partial charge in [0.25, 0.3) is 0 Å². The largest absolute Gasteiger partial charge is 0.216 e. The van der Waals surface area contributed by atoms with E-state index < -0.39 is 0 Å². The molecule has 6 rings (SSSR count). The zero-order valence-electron chi connectivity index (χ0n) is 19.1. The van der Waals surface area contributed by atoms with Gasteiger partial charge in [-0.15, -0.1) is 0 Å². The van der Waals surface area contributed by atoms with Crippen LogP contribution in [0.25, 0.3) is 33.5 Å². The molecule has 0 saturated carbocycles. The van der Waals surface area contributed by atoms with Crippen LogP contribution in [-0.4, -0.2) is 0 Å². The van der Waals surface area contributed by atoms with Crippen molar-refractivity contribution >= 4 is 0 Å². The lowest BCUT2D eigenvalue weighted by Gasteiger charge is -2.12. The predicted molar refractivity (Wildman–Crippen MR) is 128 cm³/mol. The van der Waals surface area contributed by atoms with Crippen LogP contribution in [0.1, 0.15) is 44.5 Å². The molecule has 0 bridgehead atoms. The Morgan fingerprint density at radius 2 is 1.32 bits per heavy atom. The molecule has 2 aliphatic rings. The van der Waals surface area contributed by atoms with Crippen molar-refractivity contribution in [3.63, 3.8) is 0 Å². The van der Waals surface area contributed by atoms with Crippen LogP contribution in [0.2, 0.25) is 0 Å². The molecule has 1 heterocycles. The summed E-state index contributed by atoms with van der Waals surface area (Å²) in [7, 11) is 2.19. The topological polar surface area (TPSA) is 3.88 Å². The second-order valence-electron chi connectivity index (χ2n) is 9.60. The number of aromatic nitrogens is 1. The molecule has 0 atom stereocenters. The smallest absolute Gasteiger partial charge is 0.201 e. The third-order valence-corrected chi connectivity index (χ3v) is 7.42. The first kappa shape index (κ1) is 18.6. The van der Waals surface area contributed by atoms with Gasteiger partial charge in [0.1, 0.15) is 7.05 Å². The van der Waals surface area contributed by atoms with E-state index in [1.807, 2.05) is 0 Å². The Kier molecular flexibility index (Phi) is 3.84. The highest BCUT2D eigenvalue weighted by molar-refractivity contribution is 5.88. The highest BCUT2D eigenvalue weighted by Gasteiger charge is 2.31. The van der Waals surface area contributed by atoms with E-state index >= 15 is 0 Å². The number of benzene rings is 3. The van der Waals surface area contributed by atoms with Gasteiger partial charge < -0.3 is 0 Å². The zero-order chi connectivity index (χ0) is 21.4. The zero-order valence-corrected chi connectivity index (χ0v) is 19.1. The molecule has 0 aliphatic heterocycles. The van der Waals surface area contributed by atoms with Crippen LogP contribution in [0.4, 0.5) is 0 Å². The second-order valence-corrected chi connectivity index (χ2v) is 9.60. The number of aryl methyl sites for hydroxylation is 4. The average molecular weight is 403 g/mol. The summed E-state index contributed by atoms with van der Waals surface area (Å²) >= 11 is 0. The fourth-order valence-corrected chi connectivity index (χ4v) is 5.75. The van der Waals surface area contributed by atoms with Crippen LogP contribution < -0.4 is 4.57 Å². The highest BCUT2D eigenvalue weighted by Crippen LogP contribution is 2.46. The predicted octanol–water partition coefficient (Wildman–Crippen LogP) is 6.55. The first-order chi connectivity index (χ1) is 14.9. The van der Waals surface area contributed by atoms with Gasteiger partial charge in [-0.3, -0.25) is 0 Å². The summed E-state index contributed by atoms with van der Waals surface area (Å²) in [5, 5.41) is 0.